The molecule has 10 heteroatoms. The highest BCUT2D eigenvalue weighted by molar-refractivity contribution is 5.83. The summed E-state index contributed by atoms with van der Waals surface area (Å²) in [6, 6.07) is 4.96. The standard InChI is InChI=1S/C17H14F3N5O2/c18-17(19,20)11-3-1-2-10(8-11)13-4-6-24-15-12(9-22-25(13)15)14(27)23-16(24)21-5-7-26/h1-4,8-9,26H,5-7H2,(H,21,23,27). The average Bonchev–Trinajstić information content (AvgIpc) is 3.09. The van der Waals surface area contributed by atoms with E-state index < -0.39 is 17.3 Å². The summed E-state index contributed by atoms with van der Waals surface area (Å²) in [6.07, 6.45) is -1.39. The molecule has 3 heterocycles. The molecule has 0 spiro atoms. The zero-order valence-corrected chi connectivity index (χ0v) is 13.9. The Labute approximate surface area is 150 Å². The second kappa shape index (κ2) is 6.23. The molecule has 0 aliphatic carbocycles. The average molecular weight is 377 g/mol. The van der Waals surface area contributed by atoms with Crippen LogP contribution in [-0.2, 0) is 12.7 Å². The molecule has 0 bridgehead atoms. The van der Waals surface area contributed by atoms with Crippen molar-refractivity contribution in [2.45, 2.75) is 12.7 Å². The zero-order chi connectivity index (χ0) is 19.2. The van der Waals surface area contributed by atoms with Crippen LogP contribution in [0.15, 0.2) is 41.3 Å². The number of hydrogen-bond donors (Lipinski definition) is 2. The van der Waals surface area contributed by atoms with E-state index in [0.717, 1.165) is 12.1 Å². The van der Waals surface area contributed by atoms with E-state index in [-0.39, 0.29) is 31.0 Å². The van der Waals surface area contributed by atoms with Crippen LogP contribution in [0.4, 0.5) is 19.1 Å². The largest absolute Gasteiger partial charge is 0.416 e. The molecular formula is C17H14F3N5O2. The number of allylic oxidation sites excluding steroid dienone is 1. The van der Waals surface area contributed by atoms with E-state index in [1.165, 1.54) is 16.9 Å². The summed E-state index contributed by atoms with van der Waals surface area (Å²) in [5, 5.41) is 16.3. The van der Waals surface area contributed by atoms with Crippen LogP contribution in [0.5, 0.6) is 0 Å². The van der Waals surface area contributed by atoms with Gasteiger partial charge in [0.05, 0.1) is 24.1 Å². The number of benzene rings is 1. The first-order chi connectivity index (χ1) is 12.9. The van der Waals surface area contributed by atoms with Gasteiger partial charge < -0.3 is 10.4 Å². The molecule has 3 aromatic rings. The second-order valence-corrected chi connectivity index (χ2v) is 5.96. The van der Waals surface area contributed by atoms with Gasteiger partial charge in [0.2, 0.25) is 5.95 Å². The summed E-state index contributed by atoms with van der Waals surface area (Å²) < 4.78 is 42.3. The van der Waals surface area contributed by atoms with E-state index in [0.29, 0.717) is 16.9 Å². The number of aromatic nitrogens is 4. The summed E-state index contributed by atoms with van der Waals surface area (Å²) in [7, 11) is 0. The summed E-state index contributed by atoms with van der Waals surface area (Å²) >= 11 is 0. The second-order valence-electron chi connectivity index (χ2n) is 5.96. The fourth-order valence-electron chi connectivity index (χ4n) is 3.08. The first kappa shape index (κ1) is 17.3. The number of nitrogens with one attached hydrogen (secondary N) is 1. The Morgan fingerprint density at radius 3 is 2.85 bits per heavy atom. The molecule has 27 heavy (non-hydrogen) atoms. The van der Waals surface area contributed by atoms with E-state index in [1.54, 1.807) is 16.7 Å². The van der Waals surface area contributed by atoms with Crippen molar-refractivity contribution in [3.8, 4) is 0 Å². The topological polar surface area (TPSA) is 85.0 Å². The lowest BCUT2D eigenvalue weighted by molar-refractivity contribution is -0.137. The van der Waals surface area contributed by atoms with Gasteiger partial charge in [0.1, 0.15) is 5.39 Å². The van der Waals surface area contributed by atoms with Gasteiger partial charge in [-0.05, 0) is 18.2 Å². The third kappa shape index (κ3) is 2.87. The predicted octanol–water partition coefficient (Wildman–Crippen LogP) is 1.92. The maximum Gasteiger partial charge on any atom is 0.416 e. The van der Waals surface area contributed by atoms with Crippen molar-refractivity contribution in [3.05, 3.63) is 58.0 Å². The highest BCUT2D eigenvalue weighted by Gasteiger charge is 2.31. The summed E-state index contributed by atoms with van der Waals surface area (Å²) in [5.74, 6) is 0.266. The Morgan fingerprint density at radius 1 is 1.30 bits per heavy atom. The summed E-state index contributed by atoms with van der Waals surface area (Å²) in [5.41, 5.74) is -0.0270. The number of nitrogens with zero attached hydrogens (tertiary/aromatic N) is 4. The van der Waals surface area contributed by atoms with Gasteiger partial charge >= 0.3 is 6.18 Å². The molecule has 0 atom stereocenters. The van der Waals surface area contributed by atoms with Crippen LogP contribution in [0.1, 0.15) is 11.1 Å². The Kier molecular flexibility index (Phi) is 3.99. The van der Waals surface area contributed by atoms with Crippen LogP contribution in [0.2, 0.25) is 0 Å². The molecule has 0 saturated heterocycles. The molecule has 1 aromatic carbocycles. The summed E-state index contributed by atoms with van der Waals surface area (Å²) in [4.78, 5) is 16.2. The number of hydrogen-bond acceptors (Lipinski definition) is 5. The molecule has 1 aliphatic rings. The van der Waals surface area contributed by atoms with Gasteiger partial charge in [0, 0.05) is 18.7 Å². The van der Waals surface area contributed by atoms with Gasteiger partial charge in [0.15, 0.2) is 5.65 Å². The quantitative estimate of drug-likeness (QED) is 0.726. The number of aliphatic hydroxyl groups excluding tert-OH is 1. The molecule has 0 fully saturated rings. The van der Waals surface area contributed by atoms with E-state index in [1.807, 2.05) is 0 Å². The molecule has 4 rings (SSSR count). The fraction of sp³-hybridized carbons (Fsp3) is 0.235. The molecule has 7 nitrogen and oxygen atoms in total. The molecule has 0 saturated carbocycles. The van der Waals surface area contributed by atoms with Crippen molar-refractivity contribution in [1.29, 1.82) is 0 Å². The maximum absolute atomic E-state index is 13.0. The number of anilines is 1. The van der Waals surface area contributed by atoms with Crippen LogP contribution in [0, 0.1) is 0 Å². The van der Waals surface area contributed by atoms with Gasteiger partial charge in [-0.1, -0.05) is 12.1 Å². The Balaban J connectivity index is 1.86. The third-order valence-corrected chi connectivity index (χ3v) is 4.27. The lowest BCUT2D eigenvalue weighted by Crippen LogP contribution is -2.24. The van der Waals surface area contributed by atoms with Crippen molar-refractivity contribution in [2.24, 2.45) is 0 Å². The van der Waals surface area contributed by atoms with Crippen molar-refractivity contribution in [3.63, 3.8) is 0 Å². The monoisotopic (exact) mass is 377 g/mol. The molecule has 0 unspecified atom stereocenters. The first-order valence-electron chi connectivity index (χ1n) is 8.11. The minimum Gasteiger partial charge on any atom is -0.395 e. The lowest BCUT2D eigenvalue weighted by Gasteiger charge is -2.21. The molecule has 140 valence electrons. The molecule has 1 aliphatic heterocycles. The minimum atomic E-state index is -4.45. The van der Waals surface area contributed by atoms with Crippen LogP contribution >= 0.6 is 0 Å². The number of aliphatic hydroxyl groups is 1. The predicted molar refractivity (Wildman–Crippen MR) is 92.2 cm³/mol. The van der Waals surface area contributed by atoms with Gasteiger partial charge in [-0.25, -0.2) is 4.68 Å². The van der Waals surface area contributed by atoms with E-state index in [4.69, 9.17) is 5.11 Å². The van der Waals surface area contributed by atoms with Crippen molar-refractivity contribution >= 4 is 22.7 Å². The Hall–Kier alpha value is -3.14. The highest BCUT2D eigenvalue weighted by atomic mass is 19.4. The third-order valence-electron chi connectivity index (χ3n) is 4.27. The van der Waals surface area contributed by atoms with Gasteiger partial charge in [0.25, 0.3) is 5.56 Å². The van der Waals surface area contributed by atoms with Crippen molar-refractivity contribution < 1.29 is 18.3 Å². The maximum atomic E-state index is 13.0. The Morgan fingerprint density at radius 2 is 2.11 bits per heavy atom. The van der Waals surface area contributed by atoms with Crippen LogP contribution in [0.25, 0.3) is 16.7 Å². The van der Waals surface area contributed by atoms with Gasteiger partial charge in [-0.3, -0.25) is 9.36 Å². The molecule has 2 N–H and O–H groups in total. The fourth-order valence-corrected chi connectivity index (χ4v) is 3.08. The van der Waals surface area contributed by atoms with Crippen LogP contribution in [0.3, 0.4) is 0 Å². The zero-order valence-electron chi connectivity index (χ0n) is 13.9. The number of alkyl halides is 3. The minimum absolute atomic E-state index is 0.140. The van der Waals surface area contributed by atoms with Gasteiger partial charge in [-0.2, -0.15) is 23.3 Å². The lowest BCUT2D eigenvalue weighted by atomic mass is 10.1. The van der Waals surface area contributed by atoms with Gasteiger partial charge in [-0.15, -0.1) is 0 Å². The molecular weight excluding hydrogens is 363 g/mol. The normalized spacial score (nSPS) is 13.7. The molecule has 0 radical (unpaired) electrons. The van der Waals surface area contributed by atoms with E-state index >= 15 is 0 Å². The van der Waals surface area contributed by atoms with Crippen molar-refractivity contribution in [2.75, 3.05) is 18.5 Å². The number of rotatable bonds is 4. The Bertz CT molecular complexity index is 1110. The molecule has 2 aromatic heterocycles. The highest BCUT2D eigenvalue weighted by Crippen LogP contribution is 2.33. The van der Waals surface area contributed by atoms with Crippen LogP contribution < -0.4 is 10.9 Å². The SMILES string of the molecule is O=c1nc(NCCO)n2c3c1cnn3C(c1cccc(C(F)(F)F)c1)=CC2. The molecule has 0 amide bonds. The smallest absolute Gasteiger partial charge is 0.395 e. The summed E-state index contributed by atoms with van der Waals surface area (Å²) in [6.45, 7) is 0.351. The van der Waals surface area contributed by atoms with E-state index in [2.05, 4.69) is 15.4 Å². The van der Waals surface area contributed by atoms with Crippen LogP contribution in [-0.4, -0.2) is 37.6 Å². The number of halogens is 3. The van der Waals surface area contributed by atoms with E-state index in [9.17, 15) is 18.0 Å². The van der Waals surface area contributed by atoms with Crippen molar-refractivity contribution in [1.82, 2.24) is 19.3 Å². The first-order valence-corrected chi connectivity index (χ1v) is 8.11.